The van der Waals surface area contributed by atoms with Crippen LogP contribution in [0.2, 0.25) is 5.02 Å². The summed E-state index contributed by atoms with van der Waals surface area (Å²) in [5.41, 5.74) is 2.35. The number of halogens is 2. The Labute approximate surface area is 184 Å². The third-order valence-corrected chi connectivity index (χ3v) is 5.36. The maximum Gasteiger partial charge on any atom is 0.255 e. The summed E-state index contributed by atoms with van der Waals surface area (Å²) in [6.07, 6.45) is 0.461. The average molecular weight is 439 g/mol. The van der Waals surface area contributed by atoms with E-state index in [2.05, 4.69) is 10.6 Å². The summed E-state index contributed by atoms with van der Waals surface area (Å²) in [6, 6.07) is 18.3. The number of carbonyl (C=O) groups is 2. The van der Waals surface area contributed by atoms with Crippen LogP contribution in [0.3, 0.4) is 0 Å². The van der Waals surface area contributed by atoms with Crippen LogP contribution in [0.25, 0.3) is 0 Å². The van der Waals surface area contributed by atoms with Gasteiger partial charge in [0.15, 0.2) is 0 Å². The van der Waals surface area contributed by atoms with Crippen LogP contribution in [0.15, 0.2) is 66.7 Å². The first kappa shape index (κ1) is 20.9. The lowest BCUT2D eigenvalue weighted by Gasteiger charge is -2.25. The quantitative estimate of drug-likeness (QED) is 0.611. The van der Waals surface area contributed by atoms with Crippen molar-refractivity contribution in [2.24, 2.45) is 5.92 Å². The highest BCUT2D eigenvalue weighted by atomic mass is 35.5. The molecule has 1 aliphatic rings. The molecule has 0 saturated heterocycles. The van der Waals surface area contributed by atoms with Crippen molar-refractivity contribution >= 4 is 29.1 Å². The van der Waals surface area contributed by atoms with Crippen molar-refractivity contribution in [3.63, 3.8) is 0 Å². The van der Waals surface area contributed by atoms with E-state index in [0.717, 1.165) is 5.56 Å². The van der Waals surface area contributed by atoms with E-state index in [1.807, 2.05) is 0 Å². The third kappa shape index (κ3) is 5.03. The van der Waals surface area contributed by atoms with Gasteiger partial charge in [0, 0.05) is 28.4 Å². The molecule has 1 heterocycles. The highest BCUT2D eigenvalue weighted by Gasteiger charge is 2.26. The van der Waals surface area contributed by atoms with Gasteiger partial charge in [0.25, 0.3) is 5.91 Å². The first-order valence-corrected chi connectivity index (χ1v) is 10.2. The minimum Gasteiger partial charge on any atom is -0.492 e. The Hall–Kier alpha value is -3.38. The molecular formula is C24H20ClFN2O3. The Morgan fingerprint density at radius 1 is 1.06 bits per heavy atom. The zero-order valence-corrected chi connectivity index (χ0v) is 17.3. The average Bonchev–Trinajstić information content (AvgIpc) is 2.78. The molecule has 2 N–H and O–H groups in total. The number of ether oxygens (including phenoxy) is 1. The summed E-state index contributed by atoms with van der Waals surface area (Å²) in [6.45, 7) is 0.360. The Kier molecular flexibility index (Phi) is 6.18. The minimum atomic E-state index is -0.401. The molecular weight excluding hydrogens is 419 g/mol. The van der Waals surface area contributed by atoms with E-state index in [9.17, 15) is 14.0 Å². The number of rotatable bonds is 5. The standard InChI is InChI=1S/C24H20ClFN2O3/c25-19-7-5-15(6-8-19)24(30)28-20-9-10-22-17(12-20)11-18(14-31-22)23(29)27-13-16-3-1-2-4-21(16)26/h1-10,12,18H,11,13-14H2,(H,27,29)(H,28,30)/t18-/m1/s1. The number of hydrogen-bond donors (Lipinski definition) is 2. The van der Waals surface area contributed by atoms with Crippen LogP contribution in [-0.4, -0.2) is 18.4 Å². The number of nitrogens with one attached hydrogen (secondary N) is 2. The topological polar surface area (TPSA) is 67.4 Å². The normalized spacial score (nSPS) is 14.8. The van der Waals surface area contributed by atoms with Crippen molar-refractivity contribution in [1.29, 1.82) is 0 Å². The lowest BCUT2D eigenvalue weighted by molar-refractivity contribution is -0.126. The fraction of sp³-hybridized carbons (Fsp3) is 0.167. The monoisotopic (exact) mass is 438 g/mol. The van der Waals surface area contributed by atoms with Gasteiger partial charge in [0.1, 0.15) is 18.2 Å². The Bertz CT molecular complexity index is 1120. The molecule has 2 amide bonds. The summed E-state index contributed by atoms with van der Waals surface area (Å²) in [5.74, 6) is -0.532. The molecule has 0 fully saturated rings. The first-order chi connectivity index (χ1) is 15.0. The van der Waals surface area contributed by atoms with Gasteiger partial charge in [-0.2, -0.15) is 0 Å². The molecule has 5 nitrogen and oxygen atoms in total. The molecule has 3 aromatic carbocycles. The van der Waals surface area contributed by atoms with Gasteiger partial charge in [-0.3, -0.25) is 9.59 Å². The minimum absolute atomic E-state index is 0.117. The van der Waals surface area contributed by atoms with Gasteiger partial charge >= 0.3 is 0 Å². The summed E-state index contributed by atoms with van der Waals surface area (Å²) in [5, 5.41) is 6.18. The molecule has 31 heavy (non-hydrogen) atoms. The van der Waals surface area contributed by atoms with Crippen molar-refractivity contribution in [2.45, 2.75) is 13.0 Å². The van der Waals surface area contributed by atoms with Crippen molar-refractivity contribution in [3.05, 3.63) is 94.3 Å². The fourth-order valence-electron chi connectivity index (χ4n) is 3.41. The number of fused-ring (bicyclic) bond motifs is 1. The predicted octanol–water partition coefficient (Wildman–Crippen LogP) is 4.60. The van der Waals surface area contributed by atoms with Crippen LogP contribution in [0.4, 0.5) is 10.1 Å². The highest BCUT2D eigenvalue weighted by molar-refractivity contribution is 6.30. The lowest BCUT2D eigenvalue weighted by Crippen LogP contribution is -2.37. The van der Waals surface area contributed by atoms with Gasteiger partial charge < -0.3 is 15.4 Å². The van der Waals surface area contributed by atoms with Crippen molar-refractivity contribution < 1.29 is 18.7 Å². The summed E-state index contributed by atoms with van der Waals surface area (Å²) >= 11 is 5.86. The fourth-order valence-corrected chi connectivity index (χ4v) is 3.54. The van der Waals surface area contributed by atoms with Crippen molar-refractivity contribution in [3.8, 4) is 5.75 Å². The van der Waals surface area contributed by atoms with E-state index in [1.165, 1.54) is 6.07 Å². The summed E-state index contributed by atoms with van der Waals surface area (Å²) in [7, 11) is 0. The predicted molar refractivity (Wildman–Crippen MR) is 117 cm³/mol. The molecule has 4 rings (SSSR count). The molecule has 1 atom stereocenters. The molecule has 158 valence electrons. The smallest absolute Gasteiger partial charge is 0.255 e. The highest BCUT2D eigenvalue weighted by Crippen LogP contribution is 2.30. The van der Waals surface area contributed by atoms with Crippen LogP contribution in [0.1, 0.15) is 21.5 Å². The van der Waals surface area contributed by atoms with E-state index >= 15 is 0 Å². The largest absolute Gasteiger partial charge is 0.492 e. The van der Waals surface area contributed by atoms with Gasteiger partial charge in [-0.25, -0.2) is 4.39 Å². The Morgan fingerprint density at radius 2 is 1.84 bits per heavy atom. The molecule has 1 aliphatic heterocycles. The molecule has 0 aromatic heterocycles. The molecule has 0 bridgehead atoms. The number of carbonyl (C=O) groups excluding carboxylic acids is 2. The third-order valence-electron chi connectivity index (χ3n) is 5.11. The summed E-state index contributed by atoms with van der Waals surface area (Å²) in [4.78, 5) is 25.0. The zero-order chi connectivity index (χ0) is 21.8. The van der Waals surface area contributed by atoms with E-state index in [-0.39, 0.29) is 30.8 Å². The van der Waals surface area contributed by atoms with E-state index < -0.39 is 5.92 Å². The van der Waals surface area contributed by atoms with Crippen LogP contribution < -0.4 is 15.4 Å². The SMILES string of the molecule is O=C(Nc1ccc2c(c1)C[C@@H](C(=O)NCc1ccccc1F)CO2)c1ccc(Cl)cc1. The molecule has 0 radical (unpaired) electrons. The van der Waals surface area contributed by atoms with Crippen LogP contribution in [0, 0.1) is 11.7 Å². The number of benzene rings is 3. The maximum absolute atomic E-state index is 13.8. The van der Waals surface area contributed by atoms with Gasteiger partial charge in [0.2, 0.25) is 5.91 Å². The lowest BCUT2D eigenvalue weighted by atomic mass is 9.95. The molecule has 7 heteroatoms. The molecule has 0 saturated carbocycles. The summed E-state index contributed by atoms with van der Waals surface area (Å²) < 4.78 is 19.5. The van der Waals surface area contributed by atoms with Gasteiger partial charge in [-0.05, 0) is 60.5 Å². The molecule has 0 unspecified atom stereocenters. The van der Waals surface area contributed by atoms with Gasteiger partial charge in [0.05, 0.1) is 5.92 Å². The molecule has 0 spiro atoms. The number of amides is 2. The van der Waals surface area contributed by atoms with E-state index in [0.29, 0.717) is 34.0 Å². The van der Waals surface area contributed by atoms with Crippen LogP contribution >= 0.6 is 11.6 Å². The zero-order valence-electron chi connectivity index (χ0n) is 16.5. The van der Waals surface area contributed by atoms with E-state index in [1.54, 1.807) is 60.7 Å². The molecule has 3 aromatic rings. The van der Waals surface area contributed by atoms with Crippen LogP contribution in [-0.2, 0) is 17.8 Å². The second kappa shape index (κ2) is 9.18. The Balaban J connectivity index is 1.40. The van der Waals surface area contributed by atoms with Gasteiger partial charge in [-0.1, -0.05) is 29.8 Å². The van der Waals surface area contributed by atoms with Crippen molar-refractivity contribution in [1.82, 2.24) is 5.32 Å². The number of hydrogen-bond acceptors (Lipinski definition) is 3. The second-order valence-electron chi connectivity index (χ2n) is 7.30. The maximum atomic E-state index is 13.8. The number of anilines is 1. The van der Waals surface area contributed by atoms with Crippen molar-refractivity contribution in [2.75, 3.05) is 11.9 Å². The second-order valence-corrected chi connectivity index (χ2v) is 7.74. The first-order valence-electron chi connectivity index (χ1n) is 9.83. The molecule has 0 aliphatic carbocycles. The Morgan fingerprint density at radius 3 is 2.61 bits per heavy atom. The van der Waals surface area contributed by atoms with Crippen LogP contribution in [0.5, 0.6) is 5.75 Å². The van der Waals surface area contributed by atoms with Gasteiger partial charge in [-0.15, -0.1) is 0 Å². The van der Waals surface area contributed by atoms with E-state index in [4.69, 9.17) is 16.3 Å².